The maximum absolute atomic E-state index is 11.8. The van der Waals surface area contributed by atoms with Crippen LogP contribution < -0.4 is 10.6 Å². The highest BCUT2D eigenvalue weighted by molar-refractivity contribution is 5.76. The van der Waals surface area contributed by atoms with Crippen molar-refractivity contribution in [2.75, 3.05) is 19.6 Å². The lowest BCUT2D eigenvalue weighted by molar-refractivity contribution is -0.142. The molecule has 20 heavy (non-hydrogen) atoms. The molecule has 1 saturated heterocycles. The monoisotopic (exact) mass is 286 g/mol. The van der Waals surface area contributed by atoms with E-state index < -0.39 is 11.6 Å². The Morgan fingerprint density at radius 1 is 1.50 bits per heavy atom. The van der Waals surface area contributed by atoms with Crippen molar-refractivity contribution in [3.63, 3.8) is 0 Å². The quantitative estimate of drug-likeness (QED) is 0.541. The van der Waals surface area contributed by atoms with Crippen molar-refractivity contribution in [2.45, 2.75) is 45.1 Å². The predicted molar refractivity (Wildman–Crippen MR) is 75.3 cm³/mol. The molecule has 3 atom stereocenters. The summed E-state index contributed by atoms with van der Waals surface area (Å²) >= 11 is 0. The Labute approximate surface area is 119 Å². The number of carboxylic acid groups (broad SMARTS) is 1. The minimum absolute atomic E-state index is 0.0340. The van der Waals surface area contributed by atoms with Gasteiger partial charge in [-0.15, -0.1) is 0 Å². The van der Waals surface area contributed by atoms with Crippen molar-refractivity contribution in [1.29, 1.82) is 0 Å². The lowest BCUT2D eigenvalue weighted by atomic mass is 9.85. The van der Waals surface area contributed by atoms with Gasteiger partial charge in [0.1, 0.15) is 0 Å². The first-order valence-electron chi connectivity index (χ1n) is 7.22. The zero-order chi connectivity index (χ0) is 15.2. The van der Waals surface area contributed by atoms with Gasteiger partial charge in [-0.2, -0.15) is 0 Å². The topological polar surface area (TPSA) is 98.7 Å². The maximum Gasteiger partial charge on any atom is 0.306 e. The van der Waals surface area contributed by atoms with E-state index in [1.54, 1.807) is 0 Å². The molecule has 0 aromatic carbocycles. The Balaban J connectivity index is 2.30. The predicted octanol–water partition coefficient (Wildman–Crippen LogP) is 0.354. The van der Waals surface area contributed by atoms with E-state index in [4.69, 9.17) is 5.11 Å². The summed E-state index contributed by atoms with van der Waals surface area (Å²) in [5, 5.41) is 24.4. The number of carboxylic acids is 1. The zero-order valence-corrected chi connectivity index (χ0v) is 12.3. The van der Waals surface area contributed by atoms with E-state index >= 15 is 0 Å². The minimum Gasteiger partial charge on any atom is -0.481 e. The number of piperidine rings is 1. The number of hydrogen-bond donors (Lipinski definition) is 4. The molecule has 0 radical (unpaired) electrons. The normalized spacial score (nSPS) is 23.6. The van der Waals surface area contributed by atoms with E-state index in [2.05, 4.69) is 17.6 Å². The van der Waals surface area contributed by atoms with Crippen molar-refractivity contribution in [3.8, 4) is 0 Å². The molecule has 0 aromatic heterocycles. The molecular formula is C14H26N2O4. The Bertz CT molecular complexity index is 338. The third kappa shape index (κ3) is 6.34. The standard InChI is InChI=1S/C14H26N2O4/c1-10(11-4-3-5-15-8-11)6-12(17)16-9-14(2,20)7-13(18)19/h10-11,15,20H,3-9H2,1-2H3,(H,16,17)(H,18,19). The van der Waals surface area contributed by atoms with Gasteiger partial charge in [0.05, 0.1) is 12.0 Å². The third-order valence-corrected chi connectivity index (χ3v) is 3.85. The first-order valence-corrected chi connectivity index (χ1v) is 7.22. The van der Waals surface area contributed by atoms with Gasteiger partial charge in [-0.25, -0.2) is 0 Å². The van der Waals surface area contributed by atoms with Gasteiger partial charge in [-0.1, -0.05) is 6.92 Å². The molecule has 1 heterocycles. The first kappa shape index (κ1) is 16.9. The van der Waals surface area contributed by atoms with Crippen LogP contribution in [0.25, 0.3) is 0 Å². The van der Waals surface area contributed by atoms with Crippen LogP contribution in [0.3, 0.4) is 0 Å². The number of nitrogens with one attached hydrogen (secondary N) is 2. The van der Waals surface area contributed by atoms with Gasteiger partial charge in [0, 0.05) is 13.0 Å². The molecule has 0 bridgehead atoms. The summed E-state index contributed by atoms with van der Waals surface area (Å²) in [5.41, 5.74) is -1.41. The van der Waals surface area contributed by atoms with E-state index in [-0.39, 0.29) is 24.8 Å². The van der Waals surface area contributed by atoms with Crippen LogP contribution in [0.5, 0.6) is 0 Å². The summed E-state index contributed by atoms with van der Waals surface area (Å²) in [6.45, 7) is 5.44. The summed E-state index contributed by atoms with van der Waals surface area (Å²) in [4.78, 5) is 22.4. The summed E-state index contributed by atoms with van der Waals surface area (Å²) in [5.74, 6) is -0.416. The van der Waals surface area contributed by atoms with Gasteiger partial charge < -0.3 is 20.8 Å². The van der Waals surface area contributed by atoms with E-state index in [9.17, 15) is 14.7 Å². The Hall–Kier alpha value is -1.14. The number of aliphatic hydroxyl groups is 1. The summed E-state index contributed by atoms with van der Waals surface area (Å²) in [6.07, 6.45) is 2.31. The van der Waals surface area contributed by atoms with Crippen LogP contribution in [0, 0.1) is 11.8 Å². The number of aliphatic carboxylic acids is 1. The second-order valence-corrected chi connectivity index (χ2v) is 6.13. The minimum atomic E-state index is -1.41. The third-order valence-electron chi connectivity index (χ3n) is 3.85. The van der Waals surface area contributed by atoms with Crippen molar-refractivity contribution < 1.29 is 19.8 Å². The molecule has 1 fully saturated rings. The highest BCUT2D eigenvalue weighted by atomic mass is 16.4. The van der Waals surface area contributed by atoms with Crippen LogP contribution >= 0.6 is 0 Å². The number of carbonyl (C=O) groups excluding carboxylic acids is 1. The molecular weight excluding hydrogens is 260 g/mol. The Morgan fingerprint density at radius 2 is 2.20 bits per heavy atom. The molecule has 116 valence electrons. The largest absolute Gasteiger partial charge is 0.481 e. The number of rotatable bonds is 7. The molecule has 0 aliphatic carbocycles. The van der Waals surface area contributed by atoms with Crippen molar-refractivity contribution in [2.24, 2.45) is 11.8 Å². The van der Waals surface area contributed by atoms with Crippen LogP contribution in [0.2, 0.25) is 0 Å². The van der Waals surface area contributed by atoms with Gasteiger partial charge in [-0.3, -0.25) is 9.59 Å². The van der Waals surface area contributed by atoms with Crippen LogP contribution in [0.4, 0.5) is 0 Å². The smallest absolute Gasteiger partial charge is 0.306 e. The molecule has 1 amide bonds. The molecule has 6 nitrogen and oxygen atoms in total. The highest BCUT2D eigenvalue weighted by Crippen LogP contribution is 2.22. The van der Waals surface area contributed by atoms with Gasteiger partial charge in [0.15, 0.2) is 0 Å². The molecule has 3 unspecified atom stereocenters. The number of amides is 1. The van der Waals surface area contributed by atoms with Crippen molar-refractivity contribution >= 4 is 11.9 Å². The molecule has 6 heteroatoms. The maximum atomic E-state index is 11.8. The van der Waals surface area contributed by atoms with Gasteiger partial charge >= 0.3 is 5.97 Å². The summed E-state index contributed by atoms with van der Waals surface area (Å²) in [6, 6.07) is 0. The molecule has 4 N–H and O–H groups in total. The van der Waals surface area contributed by atoms with E-state index in [0.29, 0.717) is 12.3 Å². The fourth-order valence-electron chi connectivity index (χ4n) is 2.57. The molecule has 0 aromatic rings. The molecule has 1 rings (SSSR count). The molecule has 0 saturated carbocycles. The van der Waals surface area contributed by atoms with Crippen LogP contribution in [0.1, 0.15) is 39.5 Å². The molecule has 1 aliphatic heterocycles. The van der Waals surface area contributed by atoms with Crippen LogP contribution in [0.15, 0.2) is 0 Å². The first-order chi connectivity index (χ1) is 9.30. The second kappa shape index (κ2) is 7.59. The highest BCUT2D eigenvalue weighted by Gasteiger charge is 2.26. The van der Waals surface area contributed by atoms with Gasteiger partial charge in [-0.05, 0) is 44.7 Å². The van der Waals surface area contributed by atoms with Crippen molar-refractivity contribution in [1.82, 2.24) is 10.6 Å². The zero-order valence-electron chi connectivity index (χ0n) is 12.3. The Kier molecular flexibility index (Phi) is 6.42. The van der Waals surface area contributed by atoms with Crippen LogP contribution in [-0.4, -0.2) is 47.3 Å². The fraction of sp³-hybridized carbons (Fsp3) is 0.857. The average Bonchev–Trinajstić information content (AvgIpc) is 2.36. The summed E-state index contributed by atoms with van der Waals surface area (Å²) < 4.78 is 0. The van der Waals surface area contributed by atoms with Gasteiger partial charge in [0.2, 0.25) is 5.91 Å². The van der Waals surface area contributed by atoms with E-state index in [0.717, 1.165) is 25.9 Å². The lowest BCUT2D eigenvalue weighted by Gasteiger charge is -2.28. The Morgan fingerprint density at radius 3 is 2.75 bits per heavy atom. The average molecular weight is 286 g/mol. The van der Waals surface area contributed by atoms with E-state index in [1.165, 1.54) is 6.92 Å². The lowest BCUT2D eigenvalue weighted by Crippen LogP contribution is -2.43. The second-order valence-electron chi connectivity index (χ2n) is 6.13. The number of carbonyl (C=O) groups is 2. The summed E-state index contributed by atoms with van der Waals surface area (Å²) in [7, 11) is 0. The SMILES string of the molecule is CC(CC(=O)NCC(C)(O)CC(=O)O)C1CCCNC1. The molecule has 0 spiro atoms. The van der Waals surface area contributed by atoms with Crippen molar-refractivity contribution in [3.05, 3.63) is 0 Å². The van der Waals surface area contributed by atoms with Gasteiger partial charge in [0.25, 0.3) is 0 Å². The fourth-order valence-corrected chi connectivity index (χ4v) is 2.57. The number of hydrogen-bond acceptors (Lipinski definition) is 4. The molecule has 1 aliphatic rings. The van der Waals surface area contributed by atoms with E-state index in [1.807, 2.05) is 0 Å². The van der Waals surface area contributed by atoms with Crippen LogP contribution in [-0.2, 0) is 9.59 Å².